The van der Waals surface area contributed by atoms with Crippen LogP contribution in [0.2, 0.25) is 0 Å². The molecule has 0 saturated heterocycles. The summed E-state index contributed by atoms with van der Waals surface area (Å²) in [5, 5.41) is -0.135. The SMILES string of the molecule is CC(Cl)c1ncc(C23CC4CC(C)(CC(C)(C4)C2)C3)o1. The van der Waals surface area contributed by atoms with Gasteiger partial charge in [-0.2, -0.15) is 0 Å². The van der Waals surface area contributed by atoms with E-state index in [4.69, 9.17) is 16.0 Å². The molecule has 4 aliphatic carbocycles. The summed E-state index contributed by atoms with van der Waals surface area (Å²) < 4.78 is 6.08. The number of nitrogens with zero attached hydrogens (tertiary/aromatic N) is 1. The highest BCUT2D eigenvalue weighted by Gasteiger charge is 2.61. The molecule has 20 heavy (non-hydrogen) atoms. The van der Waals surface area contributed by atoms with Crippen LogP contribution < -0.4 is 0 Å². The summed E-state index contributed by atoms with van der Waals surface area (Å²) in [5.41, 5.74) is 1.25. The molecular weight excluding hydrogens is 270 g/mol. The number of rotatable bonds is 2. The molecule has 0 aliphatic heterocycles. The highest BCUT2D eigenvalue weighted by molar-refractivity contribution is 6.20. The molecule has 2 nitrogen and oxygen atoms in total. The van der Waals surface area contributed by atoms with E-state index in [9.17, 15) is 0 Å². The van der Waals surface area contributed by atoms with Gasteiger partial charge < -0.3 is 4.42 Å². The number of hydrogen-bond donors (Lipinski definition) is 0. The minimum absolute atomic E-state index is 0.135. The lowest BCUT2D eigenvalue weighted by Crippen LogP contribution is -2.56. The van der Waals surface area contributed by atoms with Crippen LogP contribution in [0.4, 0.5) is 0 Å². The summed E-state index contributed by atoms with van der Waals surface area (Å²) in [7, 11) is 0. The third-order valence-electron chi connectivity index (χ3n) is 6.01. The molecule has 4 saturated carbocycles. The van der Waals surface area contributed by atoms with Crippen LogP contribution in [0.25, 0.3) is 0 Å². The van der Waals surface area contributed by atoms with E-state index in [0.29, 0.717) is 16.7 Å². The van der Waals surface area contributed by atoms with Gasteiger partial charge in [0.2, 0.25) is 5.89 Å². The first-order valence-corrected chi connectivity index (χ1v) is 8.36. The zero-order valence-electron chi connectivity index (χ0n) is 12.7. The van der Waals surface area contributed by atoms with E-state index in [1.165, 1.54) is 38.5 Å². The third-order valence-corrected chi connectivity index (χ3v) is 6.20. The molecule has 1 aromatic rings. The van der Waals surface area contributed by atoms with E-state index >= 15 is 0 Å². The Balaban J connectivity index is 1.76. The summed E-state index contributed by atoms with van der Waals surface area (Å²) in [6.45, 7) is 6.91. The smallest absolute Gasteiger partial charge is 0.212 e. The van der Waals surface area contributed by atoms with Gasteiger partial charge in [0.05, 0.1) is 6.20 Å². The maximum absolute atomic E-state index is 6.12. The van der Waals surface area contributed by atoms with E-state index < -0.39 is 0 Å². The maximum Gasteiger partial charge on any atom is 0.212 e. The minimum atomic E-state index is -0.135. The lowest BCUT2D eigenvalue weighted by atomic mass is 9.40. The van der Waals surface area contributed by atoms with Crippen molar-refractivity contribution in [2.24, 2.45) is 16.7 Å². The summed E-state index contributed by atoms with van der Waals surface area (Å²) in [6, 6.07) is 0. The Kier molecular flexibility index (Phi) is 2.52. The van der Waals surface area contributed by atoms with Gasteiger partial charge in [0.1, 0.15) is 11.1 Å². The van der Waals surface area contributed by atoms with Crippen molar-refractivity contribution in [2.45, 2.75) is 70.1 Å². The van der Waals surface area contributed by atoms with E-state index in [0.717, 1.165) is 11.7 Å². The standard InChI is InChI=1S/C17H24ClNO/c1-11(18)14-19-7-13(20-14)17-6-12-4-15(2,9-17)8-16(3,5-12)10-17/h7,11-12H,4-6,8-10H2,1-3H3. The average Bonchev–Trinajstić information content (AvgIpc) is 2.72. The first kappa shape index (κ1) is 13.2. The number of oxazole rings is 1. The monoisotopic (exact) mass is 293 g/mol. The van der Waals surface area contributed by atoms with Crippen LogP contribution in [0.15, 0.2) is 10.6 Å². The zero-order valence-corrected chi connectivity index (χ0v) is 13.5. The largest absolute Gasteiger partial charge is 0.444 e. The molecule has 5 rings (SSSR count). The molecule has 0 amide bonds. The average molecular weight is 294 g/mol. The lowest BCUT2D eigenvalue weighted by molar-refractivity contribution is -0.116. The second kappa shape index (κ2) is 3.82. The lowest BCUT2D eigenvalue weighted by Gasteiger charge is -2.64. The number of halogens is 1. The quantitative estimate of drug-likeness (QED) is 0.699. The molecule has 3 unspecified atom stereocenters. The van der Waals surface area contributed by atoms with Crippen LogP contribution in [0.1, 0.15) is 76.3 Å². The molecule has 0 aromatic carbocycles. The highest BCUT2D eigenvalue weighted by Crippen LogP contribution is 2.69. The van der Waals surface area contributed by atoms with Gasteiger partial charge >= 0.3 is 0 Å². The highest BCUT2D eigenvalue weighted by atomic mass is 35.5. The molecule has 1 heterocycles. The van der Waals surface area contributed by atoms with Crippen LogP contribution in [0.3, 0.4) is 0 Å². The summed E-state index contributed by atoms with van der Waals surface area (Å²) in [4.78, 5) is 4.42. The Bertz CT molecular complexity index is 531. The molecule has 0 N–H and O–H groups in total. The Labute approximate surface area is 126 Å². The zero-order chi connectivity index (χ0) is 14.2. The molecule has 4 fully saturated rings. The predicted molar refractivity (Wildman–Crippen MR) is 79.9 cm³/mol. The van der Waals surface area contributed by atoms with E-state index in [1.54, 1.807) is 0 Å². The van der Waals surface area contributed by atoms with E-state index in [1.807, 2.05) is 13.1 Å². The van der Waals surface area contributed by atoms with Crippen LogP contribution in [-0.4, -0.2) is 4.98 Å². The van der Waals surface area contributed by atoms with Gasteiger partial charge in [-0.05, 0) is 62.2 Å². The topological polar surface area (TPSA) is 26.0 Å². The van der Waals surface area contributed by atoms with Gasteiger partial charge in [0.25, 0.3) is 0 Å². The first-order valence-electron chi connectivity index (χ1n) is 7.92. The van der Waals surface area contributed by atoms with Crippen LogP contribution in [0.5, 0.6) is 0 Å². The Morgan fingerprint density at radius 1 is 1.20 bits per heavy atom. The number of alkyl halides is 1. The number of hydrogen-bond acceptors (Lipinski definition) is 2. The second-order valence-electron chi connectivity index (χ2n) is 8.59. The van der Waals surface area contributed by atoms with Gasteiger partial charge in [-0.1, -0.05) is 13.8 Å². The van der Waals surface area contributed by atoms with Crippen molar-refractivity contribution < 1.29 is 4.42 Å². The summed E-state index contributed by atoms with van der Waals surface area (Å²) in [6.07, 6.45) is 10.0. The molecule has 4 bridgehead atoms. The van der Waals surface area contributed by atoms with Crippen molar-refractivity contribution in [1.82, 2.24) is 4.98 Å². The van der Waals surface area contributed by atoms with E-state index in [-0.39, 0.29) is 10.8 Å². The van der Waals surface area contributed by atoms with Crippen molar-refractivity contribution in [2.75, 3.05) is 0 Å². The fourth-order valence-corrected chi connectivity index (χ4v) is 6.54. The van der Waals surface area contributed by atoms with Gasteiger partial charge in [-0.3, -0.25) is 0 Å². The van der Waals surface area contributed by atoms with Gasteiger partial charge in [-0.15, -0.1) is 11.6 Å². The van der Waals surface area contributed by atoms with Crippen LogP contribution >= 0.6 is 11.6 Å². The molecule has 3 heteroatoms. The fraction of sp³-hybridized carbons (Fsp3) is 0.824. The molecule has 110 valence electrons. The molecule has 0 radical (unpaired) electrons. The predicted octanol–water partition coefficient (Wildman–Crippen LogP) is 5.22. The Morgan fingerprint density at radius 2 is 1.85 bits per heavy atom. The molecule has 1 aromatic heterocycles. The fourth-order valence-electron chi connectivity index (χ4n) is 6.44. The van der Waals surface area contributed by atoms with Gasteiger partial charge in [0, 0.05) is 5.41 Å². The molecule has 0 spiro atoms. The third kappa shape index (κ3) is 1.80. The molecule has 3 atom stereocenters. The van der Waals surface area contributed by atoms with Crippen LogP contribution in [-0.2, 0) is 5.41 Å². The second-order valence-corrected chi connectivity index (χ2v) is 9.24. The molecule has 4 aliphatic rings. The van der Waals surface area contributed by atoms with Crippen molar-refractivity contribution >= 4 is 11.6 Å². The minimum Gasteiger partial charge on any atom is -0.444 e. The van der Waals surface area contributed by atoms with Gasteiger partial charge in [-0.25, -0.2) is 4.98 Å². The van der Waals surface area contributed by atoms with Crippen molar-refractivity contribution in [1.29, 1.82) is 0 Å². The van der Waals surface area contributed by atoms with E-state index in [2.05, 4.69) is 18.8 Å². The number of aromatic nitrogens is 1. The Hall–Kier alpha value is -0.500. The normalized spacial score (nSPS) is 47.7. The first-order chi connectivity index (χ1) is 9.32. The van der Waals surface area contributed by atoms with Crippen LogP contribution in [0, 0.1) is 16.7 Å². The summed E-state index contributed by atoms with van der Waals surface area (Å²) >= 11 is 6.12. The maximum atomic E-state index is 6.12. The van der Waals surface area contributed by atoms with Gasteiger partial charge in [0.15, 0.2) is 0 Å². The Morgan fingerprint density at radius 3 is 2.35 bits per heavy atom. The van der Waals surface area contributed by atoms with Crippen molar-refractivity contribution in [3.63, 3.8) is 0 Å². The van der Waals surface area contributed by atoms with Crippen molar-refractivity contribution in [3.05, 3.63) is 17.8 Å². The molecular formula is C17H24ClNO. The van der Waals surface area contributed by atoms with Crippen molar-refractivity contribution in [3.8, 4) is 0 Å². The summed E-state index contributed by atoms with van der Waals surface area (Å²) in [5.74, 6) is 2.68.